The molecule has 0 saturated carbocycles. The molecule has 0 unspecified atom stereocenters. The molecule has 0 aliphatic rings. The minimum Gasteiger partial charge on any atom is -0.406 e. The van der Waals surface area contributed by atoms with Crippen LogP contribution in [0.15, 0.2) is 76.9 Å². The van der Waals surface area contributed by atoms with Crippen LogP contribution < -0.4 is 15.9 Å². The topological polar surface area (TPSA) is 95.4 Å². The van der Waals surface area contributed by atoms with Gasteiger partial charge in [-0.3, -0.25) is 9.78 Å². The minimum atomic E-state index is -4.78. The molecule has 30 heavy (non-hydrogen) atoms. The van der Waals surface area contributed by atoms with Crippen molar-refractivity contribution in [3.63, 3.8) is 0 Å². The lowest BCUT2D eigenvalue weighted by Gasteiger charge is -2.11. The highest BCUT2D eigenvalue weighted by Gasteiger charge is 2.31. The van der Waals surface area contributed by atoms with Gasteiger partial charge in [0.1, 0.15) is 5.75 Å². The maximum Gasteiger partial charge on any atom is 0.573 e. The molecule has 0 atom stereocenters. The van der Waals surface area contributed by atoms with Crippen molar-refractivity contribution in [2.75, 3.05) is 0 Å². The molecule has 0 saturated heterocycles. The van der Waals surface area contributed by atoms with Gasteiger partial charge in [-0.1, -0.05) is 0 Å². The average molecular weight is 415 g/mol. The molecule has 0 spiro atoms. The second-order valence-electron chi connectivity index (χ2n) is 6.03. The molecule has 3 aromatic rings. The van der Waals surface area contributed by atoms with Gasteiger partial charge in [-0.15, -0.1) is 13.2 Å². The van der Waals surface area contributed by atoms with Gasteiger partial charge in [-0.25, -0.2) is 9.67 Å². The zero-order valence-electron chi connectivity index (χ0n) is 15.7. The fourth-order valence-corrected chi connectivity index (χ4v) is 2.53. The van der Waals surface area contributed by atoms with E-state index in [1.165, 1.54) is 41.4 Å². The number of allylic oxidation sites excluding steroid dienone is 1. The zero-order chi connectivity index (χ0) is 21.7. The highest BCUT2D eigenvalue weighted by Crippen LogP contribution is 2.23. The predicted molar refractivity (Wildman–Crippen MR) is 105 cm³/mol. The number of nitrogens with zero attached hydrogens (tertiary/aromatic N) is 4. The van der Waals surface area contributed by atoms with Crippen molar-refractivity contribution in [1.29, 1.82) is 0 Å². The van der Waals surface area contributed by atoms with E-state index in [1.54, 1.807) is 25.3 Å². The summed E-state index contributed by atoms with van der Waals surface area (Å²) in [6, 6.07) is 9.73. The molecule has 1 aromatic carbocycles. The third-order valence-electron chi connectivity index (χ3n) is 3.77. The number of hydrogen-bond acceptors (Lipinski definition) is 6. The molecule has 0 bridgehead atoms. The fraction of sp³-hybridized carbons (Fsp3) is 0.100. The summed E-state index contributed by atoms with van der Waals surface area (Å²) in [4.78, 5) is 20.9. The second kappa shape index (κ2) is 8.60. The largest absolute Gasteiger partial charge is 0.573 e. The Balaban J connectivity index is 2.00. The Morgan fingerprint density at radius 1 is 1.20 bits per heavy atom. The van der Waals surface area contributed by atoms with Crippen LogP contribution in [0.1, 0.15) is 11.4 Å². The number of aromatic nitrogens is 3. The van der Waals surface area contributed by atoms with Gasteiger partial charge in [0.05, 0.1) is 17.1 Å². The number of pyridine rings is 1. The Bertz CT molecular complexity index is 1150. The number of ether oxygens (including phenoxy) is 1. The molecular weight excluding hydrogens is 399 g/mol. The first kappa shape index (κ1) is 20.8. The molecule has 0 fully saturated rings. The standard InChI is InChI=1S/C20H16F3N5O2/c1-13-12-14(7-10-25-13)26-17(6-9-24)19-18(29)8-11-28(27-19)15-2-4-16(5-3-15)30-20(21,22)23/h2-12H,24H2,1H3. The third-order valence-corrected chi connectivity index (χ3v) is 3.77. The number of alkyl halides is 3. The Morgan fingerprint density at radius 3 is 2.57 bits per heavy atom. The van der Waals surface area contributed by atoms with E-state index in [0.717, 1.165) is 17.8 Å². The van der Waals surface area contributed by atoms with Crippen LogP contribution in [-0.2, 0) is 0 Å². The van der Waals surface area contributed by atoms with Crippen LogP contribution >= 0.6 is 0 Å². The summed E-state index contributed by atoms with van der Waals surface area (Å²) in [7, 11) is 0. The van der Waals surface area contributed by atoms with Crippen molar-refractivity contribution in [3.05, 3.63) is 88.7 Å². The van der Waals surface area contributed by atoms with E-state index in [0.29, 0.717) is 11.4 Å². The smallest absolute Gasteiger partial charge is 0.406 e. The molecule has 154 valence electrons. The van der Waals surface area contributed by atoms with Crippen LogP contribution in [0.25, 0.3) is 5.69 Å². The van der Waals surface area contributed by atoms with Crippen molar-refractivity contribution < 1.29 is 17.9 Å². The van der Waals surface area contributed by atoms with Crippen LogP contribution in [-0.4, -0.2) is 26.8 Å². The molecule has 2 heterocycles. The Labute approximate surface area is 169 Å². The molecule has 0 amide bonds. The molecule has 2 N–H and O–H groups in total. The minimum absolute atomic E-state index is 0.0179. The van der Waals surface area contributed by atoms with E-state index in [4.69, 9.17) is 5.73 Å². The summed E-state index contributed by atoms with van der Waals surface area (Å²) in [6.45, 7) is 1.80. The second-order valence-corrected chi connectivity index (χ2v) is 6.03. The summed E-state index contributed by atoms with van der Waals surface area (Å²) >= 11 is 0. The number of nitrogens with two attached hydrogens (primary N) is 1. The van der Waals surface area contributed by atoms with Crippen molar-refractivity contribution in [3.8, 4) is 11.4 Å². The van der Waals surface area contributed by atoms with Crippen LogP contribution in [0.3, 0.4) is 0 Å². The summed E-state index contributed by atoms with van der Waals surface area (Å²) in [5, 5.41) is 4.27. The third kappa shape index (κ3) is 5.31. The van der Waals surface area contributed by atoms with Crippen LogP contribution in [0.2, 0.25) is 0 Å². The van der Waals surface area contributed by atoms with E-state index >= 15 is 0 Å². The number of aliphatic imine (C=N–C) groups is 1. The molecule has 7 nitrogen and oxygen atoms in total. The highest BCUT2D eigenvalue weighted by molar-refractivity contribution is 6.08. The Morgan fingerprint density at radius 2 is 1.93 bits per heavy atom. The number of rotatable bonds is 5. The van der Waals surface area contributed by atoms with Gasteiger partial charge in [0.25, 0.3) is 0 Å². The van der Waals surface area contributed by atoms with E-state index in [9.17, 15) is 18.0 Å². The van der Waals surface area contributed by atoms with Crippen LogP contribution in [0.5, 0.6) is 5.75 Å². The van der Waals surface area contributed by atoms with Gasteiger partial charge in [0.15, 0.2) is 5.69 Å². The maximum atomic E-state index is 12.4. The van der Waals surface area contributed by atoms with Crippen molar-refractivity contribution in [1.82, 2.24) is 14.8 Å². The number of hydrogen-bond donors (Lipinski definition) is 1. The van der Waals surface area contributed by atoms with Gasteiger partial charge < -0.3 is 10.5 Å². The quantitative estimate of drug-likeness (QED) is 0.644. The maximum absolute atomic E-state index is 12.4. The first-order valence-electron chi connectivity index (χ1n) is 8.61. The molecule has 0 aliphatic heterocycles. The van der Waals surface area contributed by atoms with E-state index in [-0.39, 0.29) is 17.2 Å². The molecule has 3 rings (SSSR count). The van der Waals surface area contributed by atoms with Crippen LogP contribution in [0, 0.1) is 6.92 Å². The van der Waals surface area contributed by atoms with E-state index in [1.807, 2.05) is 0 Å². The first-order chi connectivity index (χ1) is 14.2. The number of aryl methyl sites for hydroxylation is 1. The van der Waals surface area contributed by atoms with Gasteiger partial charge >= 0.3 is 6.36 Å². The van der Waals surface area contributed by atoms with Crippen molar-refractivity contribution in [2.24, 2.45) is 10.7 Å². The predicted octanol–water partition coefficient (Wildman–Crippen LogP) is 3.43. The molecule has 0 radical (unpaired) electrons. The SMILES string of the molecule is Cc1cc(N=C(C=CN)c2nn(-c3ccc(OC(F)(F)F)cc3)ccc2=O)ccn1. The highest BCUT2D eigenvalue weighted by atomic mass is 19.4. The summed E-state index contributed by atoms with van der Waals surface area (Å²) in [6.07, 6.45) is 0.860. The Kier molecular flexibility index (Phi) is 5.95. The van der Waals surface area contributed by atoms with E-state index < -0.39 is 11.8 Å². The van der Waals surface area contributed by atoms with Gasteiger partial charge in [0.2, 0.25) is 5.43 Å². The monoisotopic (exact) mass is 415 g/mol. The zero-order valence-corrected chi connectivity index (χ0v) is 15.7. The van der Waals surface area contributed by atoms with Crippen molar-refractivity contribution >= 4 is 11.4 Å². The number of benzene rings is 1. The lowest BCUT2D eigenvalue weighted by atomic mass is 10.2. The molecule has 2 aromatic heterocycles. The van der Waals surface area contributed by atoms with Crippen molar-refractivity contribution in [2.45, 2.75) is 13.3 Å². The van der Waals surface area contributed by atoms with Crippen LogP contribution in [0.4, 0.5) is 18.9 Å². The lowest BCUT2D eigenvalue weighted by molar-refractivity contribution is -0.274. The molecular formula is C20H16F3N5O2. The normalized spacial score (nSPS) is 12.3. The summed E-state index contributed by atoms with van der Waals surface area (Å²) < 4.78 is 42.2. The number of halogens is 3. The first-order valence-corrected chi connectivity index (χ1v) is 8.61. The summed E-state index contributed by atoms with van der Waals surface area (Å²) in [5.74, 6) is -0.367. The average Bonchev–Trinajstić information content (AvgIpc) is 2.68. The fourth-order valence-electron chi connectivity index (χ4n) is 2.53. The lowest BCUT2D eigenvalue weighted by Crippen LogP contribution is -2.20. The van der Waals surface area contributed by atoms with Gasteiger partial charge in [0, 0.05) is 24.2 Å². The van der Waals surface area contributed by atoms with E-state index in [2.05, 4.69) is 19.8 Å². The molecule has 10 heteroatoms. The molecule has 0 aliphatic carbocycles. The van der Waals surface area contributed by atoms with Gasteiger partial charge in [-0.05, 0) is 55.6 Å². The summed E-state index contributed by atoms with van der Waals surface area (Å²) in [5.41, 5.74) is 7.06. The van der Waals surface area contributed by atoms with Gasteiger partial charge in [-0.2, -0.15) is 5.10 Å². The Hall–Kier alpha value is -3.95.